The van der Waals surface area contributed by atoms with Gasteiger partial charge in [-0.05, 0) is 100 Å². The van der Waals surface area contributed by atoms with Gasteiger partial charge in [0.25, 0.3) is 0 Å². The molecule has 0 aliphatic heterocycles. The largest absolute Gasteiger partial charge is 0.455 e. The minimum Gasteiger partial charge on any atom is -0.455 e. The summed E-state index contributed by atoms with van der Waals surface area (Å²) in [6.45, 7) is 4.40. The van der Waals surface area contributed by atoms with E-state index in [4.69, 9.17) is 19.4 Å². The molecule has 3 heterocycles. The van der Waals surface area contributed by atoms with Crippen LogP contribution in [0.15, 0.2) is 205 Å². The van der Waals surface area contributed by atoms with Crippen LogP contribution in [0.4, 0.5) is 0 Å². The number of thiophene rings is 1. The van der Waals surface area contributed by atoms with Gasteiger partial charge in [0.15, 0.2) is 17.5 Å². The Morgan fingerprint density at radius 3 is 1.80 bits per heavy atom. The summed E-state index contributed by atoms with van der Waals surface area (Å²) in [5, 5.41) is 4.48. The number of furan rings is 1. The number of nitrogens with zero attached hydrogens (tertiary/aromatic N) is 3. The second-order valence-electron chi connectivity index (χ2n) is 16.4. The Morgan fingerprint density at radius 2 is 0.953 bits per heavy atom. The molecule has 0 unspecified atom stereocenters. The van der Waals surface area contributed by atoms with Crippen molar-refractivity contribution in [2.45, 2.75) is 13.8 Å². The fourth-order valence-corrected chi connectivity index (χ4v) is 10.5. The monoisotopic (exact) mass is 837 g/mol. The minimum atomic E-state index is 0.580. The number of benzene rings is 9. The van der Waals surface area contributed by atoms with Gasteiger partial charge in [0.1, 0.15) is 11.2 Å². The van der Waals surface area contributed by atoms with E-state index in [1.54, 1.807) is 0 Å². The summed E-state index contributed by atoms with van der Waals surface area (Å²) in [5.41, 5.74) is 15.8. The van der Waals surface area contributed by atoms with E-state index < -0.39 is 0 Å². The SMILES string of the molecule is Cc1ccccc1-c1c(C)cccc1-c1cc(-c2cccc3sc4ccccc4c23)cc2c1oc1cccc(-c3nc(-c4ccccc4)nc(-c4cccc(-c5ccccc5)c4)n3)c12. The van der Waals surface area contributed by atoms with E-state index >= 15 is 0 Å². The molecule has 0 spiro atoms. The highest BCUT2D eigenvalue weighted by Gasteiger charge is 2.24. The third-order valence-electron chi connectivity index (χ3n) is 12.4. The normalized spacial score (nSPS) is 11.6. The first kappa shape index (κ1) is 37.7. The molecule has 0 radical (unpaired) electrons. The summed E-state index contributed by atoms with van der Waals surface area (Å²) in [5.74, 6) is 1.79. The molecule has 0 saturated carbocycles. The van der Waals surface area contributed by atoms with Gasteiger partial charge in [0.2, 0.25) is 0 Å². The molecule has 5 heteroatoms. The highest BCUT2D eigenvalue weighted by atomic mass is 32.1. The van der Waals surface area contributed by atoms with Crippen LogP contribution in [-0.2, 0) is 0 Å². The van der Waals surface area contributed by atoms with Gasteiger partial charge >= 0.3 is 0 Å². The topological polar surface area (TPSA) is 51.8 Å². The Hall–Kier alpha value is -7.99. The summed E-state index contributed by atoms with van der Waals surface area (Å²) < 4.78 is 9.66. The number of hydrogen-bond acceptors (Lipinski definition) is 5. The van der Waals surface area contributed by atoms with Crippen molar-refractivity contribution >= 4 is 53.4 Å². The predicted molar refractivity (Wildman–Crippen MR) is 268 cm³/mol. The molecular formula is C59H39N3OS. The maximum absolute atomic E-state index is 7.12. The lowest BCUT2D eigenvalue weighted by molar-refractivity contribution is 0.670. The molecule has 64 heavy (non-hydrogen) atoms. The predicted octanol–water partition coefficient (Wildman–Crippen LogP) is 16.4. The van der Waals surface area contributed by atoms with Gasteiger partial charge in [-0.1, -0.05) is 164 Å². The summed E-state index contributed by atoms with van der Waals surface area (Å²) in [6.07, 6.45) is 0. The number of aromatic nitrogens is 3. The second kappa shape index (κ2) is 15.4. The molecule has 302 valence electrons. The summed E-state index contributed by atoms with van der Waals surface area (Å²) in [6, 6.07) is 70.6. The van der Waals surface area contributed by atoms with E-state index in [1.165, 1.54) is 48.0 Å². The molecule has 0 N–H and O–H groups in total. The van der Waals surface area contributed by atoms with E-state index in [9.17, 15) is 0 Å². The maximum Gasteiger partial charge on any atom is 0.164 e. The second-order valence-corrected chi connectivity index (χ2v) is 17.5. The molecular weight excluding hydrogens is 799 g/mol. The Balaban J connectivity index is 1.16. The number of aryl methyl sites for hydroxylation is 2. The summed E-state index contributed by atoms with van der Waals surface area (Å²) in [7, 11) is 0. The number of fused-ring (bicyclic) bond motifs is 6. The van der Waals surface area contributed by atoms with Crippen LogP contribution in [0.1, 0.15) is 11.1 Å². The summed E-state index contributed by atoms with van der Waals surface area (Å²) >= 11 is 1.84. The van der Waals surface area contributed by atoms with E-state index in [0.717, 1.165) is 66.4 Å². The van der Waals surface area contributed by atoms with Crippen LogP contribution in [0.2, 0.25) is 0 Å². The van der Waals surface area contributed by atoms with Crippen LogP contribution in [-0.4, -0.2) is 15.0 Å². The molecule has 0 bridgehead atoms. The Labute approximate surface area is 374 Å². The lowest BCUT2D eigenvalue weighted by Gasteiger charge is -2.17. The fraction of sp³-hybridized carbons (Fsp3) is 0.0339. The van der Waals surface area contributed by atoms with Crippen molar-refractivity contribution < 1.29 is 4.42 Å². The first-order valence-corrected chi connectivity index (χ1v) is 22.4. The number of hydrogen-bond donors (Lipinski definition) is 0. The van der Waals surface area contributed by atoms with Crippen LogP contribution < -0.4 is 0 Å². The zero-order chi connectivity index (χ0) is 42.7. The van der Waals surface area contributed by atoms with E-state index in [0.29, 0.717) is 17.5 Å². The van der Waals surface area contributed by atoms with Crippen molar-refractivity contribution in [2.75, 3.05) is 0 Å². The highest BCUT2D eigenvalue weighted by molar-refractivity contribution is 7.25. The van der Waals surface area contributed by atoms with Crippen LogP contribution in [0.3, 0.4) is 0 Å². The average Bonchev–Trinajstić information content (AvgIpc) is 3.93. The van der Waals surface area contributed by atoms with Crippen LogP contribution in [0.5, 0.6) is 0 Å². The van der Waals surface area contributed by atoms with Gasteiger partial charge in [-0.15, -0.1) is 11.3 Å². The van der Waals surface area contributed by atoms with Crippen molar-refractivity contribution in [3.8, 4) is 78.7 Å². The van der Waals surface area contributed by atoms with Gasteiger partial charge in [-0.25, -0.2) is 15.0 Å². The lowest BCUT2D eigenvalue weighted by Crippen LogP contribution is -2.00. The first-order chi connectivity index (χ1) is 31.6. The molecule has 0 aliphatic carbocycles. The Morgan fingerprint density at radius 1 is 0.359 bits per heavy atom. The van der Waals surface area contributed by atoms with Gasteiger partial charge < -0.3 is 4.42 Å². The molecule has 0 atom stereocenters. The van der Waals surface area contributed by atoms with Crippen molar-refractivity contribution in [3.63, 3.8) is 0 Å². The Kier molecular flexibility index (Phi) is 9.09. The Bertz CT molecular complexity index is 3760. The smallest absolute Gasteiger partial charge is 0.164 e. The molecule has 4 nitrogen and oxygen atoms in total. The van der Waals surface area contributed by atoms with Crippen molar-refractivity contribution in [1.29, 1.82) is 0 Å². The average molecular weight is 838 g/mol. The zero-order valence-electron chi connectivity index (χ0n) is 35.2. The molecule has 3 aromatic heterocycles. The zero-order valence-corrected chi connectivity index (χ0v) is 36.0. The third kappa shape index (κ3) is 6.40. The molecule has 0 fully saturated rings. The van der Waals surface area contributed by atoms with Crippen molar-refractivity contribution in [1.82, 2.24) is 15.0 Å². The van der Waals surface area contributed by atoms with Gasteiger partial charge in [0.05, 0.1) is 0 Å². The summed E-state index contributed by atoms with van der Waals surface area (Å²) in [4.78, 5) is 15.7. The van der Waals surface area contributed by atoms with E-state index in [1.807, 2.05) is 41.7 Å². The molecule has 12 rings (SSSR count). The quantitative estimate of drug-likeness (QED) is 0.160. The molecule has 0 saturated heterocycles. The van der Waals surface area contributed by atoms with Crippen LogP contribution >= 0.6 is 11.3 Å². The molecule has 0 amide bonds. The van der Waals surface area contributed by atoms with Crippen molar-refractivity contribution in [3.05, 3.63) is 211 Å². The van der Waals surface area contributed by atoms with Crippen LogP contribution in [0, 0.1) is 13.8 Å². The van der Waals surface area contributed by atoms with E-state index in [2.05, 4.69) is 184 Å². The standard InChI is InChI=1S/C59H39N3OS/c1-36-17-9-10-25-43(36)53-37(2)18-13-28-45(53)48-34-42(44-27-16-32-52-55(44)46-26-11-12-31-51(46)64-52)35-49-54-47(29-15-30-50(54)63-56(48)49)59-61-57(39-21-7-4-8-22-39)60-58(62-59)41-24-14-23-40(33-41)38-19-5-3-6-20-38/h3-35H,1-2H3. The molecule has 12 aromatic rings. The van der Waals surface area contributed by atoms with Gasteiger partial charge in [-0.3, -0.25) is 0 Å². The molecule has 9 aromatic carbocycles. The fourth-order valence-electron chi connectivity index (χ4n) is 9.40. The van der Waals surface area contributed by atoms with E-state index in [-0.39, 0.29) is 0 Å². The first-order valence-electron chi connectivity index (χ1n) is 21.6. The lowest BCUT2D eigenvalue weighted by atomic mass is 9.86. The van der Waals surface area contributed by atoms with Crippen LogP contribution in [0.25, 0.3) is 121 Å². The minimum absolute atomic E-state index is 0.580. The third-order valence-corrected chi connectivity index (χ3v) is 13.6. The van der Waals surface area contributed by atoms with Gasteiger partial charge in [0, 0.05) is 53.2 Å². The molecule has 0 aliphatic rings. The van der Waals surface area contributed by atoms with Crippen molar-refractivity contribution in [2.24, 2.45) is 0 Å². The maximum atomic E-state index is 7.12. The number of rotatable bonds is 7. The highest BCUT2D eigenvalue weighted by Crippen LogP contribution is 2.48. The van der Waals surface area contributed by atoms with Gasteiger partial charge in [-0.2, -0.15) is 0 Å².